The molecule has 0 bridgehead atoms. The van der Waals surface area contributed by atoms with Gasteiger partial charge < -0.3 is 25.4 Å². The highest BCUT2D eigenvalue weighted by molar-refractivity contribution is 7.85. The van der Waals surface area contributed by atoms with E-state index < -0.39 is 53.3 Å². The first kappa shape index (κ1) is 28.4. The number of nitrogens with two attached hydrogens (primary N) is 1. The molecule has 206 valence electrons. The Hall–Kier alpha value is -2.65. The van der Waals surface area contributed by atoms with Gasteiger partial charge in [0.05, 0.1) is 25.5 Å². The van der Waals surface area contributed by atoms with E-state index in [0.29, 0.717) is 17.1 Å². The minimum absolute atomic E-state index is 0.234. The first-order valence-corrected chi connectivity index (χ1v) is 14.3. The minimum Gasteiger partial charge on any atom is -0.497 e. The molecule has 38 heavy (non-hydrogen) atoms. The van der Waals surface area contributed by atoms with Gasteiger partial charge in [-0.15, -0.1) is 11.3 Å². The van der Waals surface area contributed by atoms with E-state index in [1.807, 2.05) is 48.7 Å². The van der Waals surface area contributed by atoms with Crippen molar-refractivity contribution >= 4 is 38.3 Å². The maximum Gasteiger partial charge on any atom is 0.362 e. The van der Waals surface area contributed by atoms with E-state index in [-0.39, 0.29) is 5.92 Å². The van der Waals surface area contributed by atoms with Crippen molar-refractivity contribution < 1.29 is 37.1 Å². The summed E-state index contributed by atoms with van der Waals surface area (Å²) in [6.07, 6.45) is -4.36. The van der Waals surface area contributed by atoms with Crippen molar-refractivity contribution in [1.29, 1.82) is 0 Å². The quantitative estimate of drug-likeness (QED) is 0.285. The van der Waals surface area contributed by atoms with Gasteiger partial charge in [0, 0.05) is 10.9 Å². The van der Waals surface area contributed by atoms with E-state index in [0.717, 1.165) is 22.1 Å². The third kappa shape index (κ3) is 6.15. The van der Waals surface area contributed by atoms with Crippen LogP contribution < -0.4 is 15.2 Å². The largest absolute Gasteiger partial charge is 0.497 e. The average molecular weight is 566 g/mol. The van der Waals surface area contributed by atoms with Gasteiger partial charge in [0.25, 0.3) is 5.91 Å². The standard InChI is InChI=1S/C25H31N3O8S2/c1-4-13(2)20(26)24(31)28-38(32,33)35-11-19-21(29)22(30)23(36-19)25-27-18(12-37-25)16-6-5-15-10-17(34-3)8-7-14(15)9-16/h5-10,12-13,19-23,29-30H,4,11,26H2,1-3H3,(H,28,31)/t13?,19-,20+,21-,22-,23-/m1/s1. The minimum atomic E-state index is -4.51. The third-order valence-electron chi connectivity index (χ3n) is 6.64. The number of benzene rings is 2. The van der Waals surface area contributed by atoms with Gasteiger partial charge >= 0.3 is 10.3 Å². The lowest BCUT2D eigenvalue weighted by Gasteiger charge is -2.18. The first-order chi connectivity index (χ1) is 18.0. The molecule has 1 saturated heterocycles. The lowest BCUT2D eigenvalue weighted by atomic mass is 10.00. The van der Waals surface area contributed by atoms with Crippen LogP contribution in [-0.2, 0) is 24.0 Å². The monoisotopic (exact) mass is 565 g/mol. The molecule has 6 atom stereocenters. The number of aliphatic hydroxyl groups excluding tert-OH is 2. The molecule has 2 aromatic carbocycles. The third-order valence-corrected chi connectivity index (χ3v) is 8.45. The molecule has 1 amide bonds. The van der Waals surface area contributed by atoms with Crippen molar-refractivity contribution in [2.75, 3.05) is 13.7 Å². The summed E-state index contributed by atoms with van der Waals surface area (Å²) in [5.41, 5.74) is 7.28. The molecule has 3 aromatic rings. The zero-order chi connectivity index (χ0) is 27.6. The van der Waals surface area contributed by atoms with Crippen molar-refractivity contribution in [2.24, 2.45) is 11.7 Å². The Morgan fingerprint density at radius 3 is 2.63 bits per heavy atom. The lowest BCUT2D eigenvalue weighted by molar-refractivity contribution is -0.121. The zero-order valence-corrected chi connectivity index (χ0v) is 22.7. The molecular weight excluding hydrogens is 534 g/mol. The summed E-state index contributed by atoms with van der Waals surface area (Å²) >= 11 is 1.24. The Balaban J connectivity index is 1.41. The molecule has 1 aliphatic heterocycles. The van der Waals surface area contributed by atoms with Crippen LogP contribution in [0, 0.1) is 5.92 Å². The number of ether oxygens (including phenoxy) is 2. The molecular formula is C25H31N3O8S2. The van der Waals surface area contributed by atoms with E-state index in [4.69, 9.17) is 19.4 Å². The van der Waals surface area contributed by atoms with Crippen LogP contribution in [0.3, 0.4) is 0 Å². The van der Waals surface area contributed by atoms with Crippen LogP contribution in [0.1, 0.15) is 31.4 Å². The van der Waals surface area contributed by atoms with Gasteiger partial charge in [-0.1, -0.05) is 38.5 Å². The number of carbonyl (C=O) groups is 1. The molecule has 0 radical (unpaired) electrons. The molecule has 0 spiro atoms. The molecule has 4 rings (SSSR count). The number of nitrogens with zero attached hydrogens (tertiary/aromatic N) is 1. The molecule has 0 saturated carbocycles. The van der Waals surface area contributed by atoms with Gasteiger partial charge in [-0.2, -0.15) is 8.42 Å². The maximum atomic E-state index is 12.2. The van der Waals surface area contributed by atoms with Crippen LogP contribution in [0.25, 0.3) is 22.0 Å². The smallest absolute Gasteiger partial charge is 0.362 e. The molecule has 1 fully saturated rings. The van der Waals surface area contributed by atoms with Crippen LogP contribution in [0.5, 0.6) is 5.75 Å². The van der Waals surface area contributed by atoms with Crippen LogP contribution in [0.15, 0.2) is 41.8 Å². The molecule has 1 unspecified atom stereocenters. The second-order valence-corrected chi connectivity index (χ2v) is 11.4. The Morgan fingerprint density at radius 1 is 1.21 bits per heavy atom. The summed E-state index contributed by atoms with van der Waals surface area (Å²) in [6.45, 7) is 2.93. The van der Waals surface area contributed by atoms with Gasteiger partial charge in [-0.25, -0.2) is 9.71 Å². The SMILES string of the molecule is CCC(C)[C@H](N)C(=O)NS(=O)(=O)OC[C@H]1O[C@@H](c2nc(-c3ccc4cc(OC)ccc4c3)cs2)[C@H](O)[C@@H]1O. The van der Waals surface area contributed by atoms with Crippen molar-refractivity contribution in [3.63, 3.8) is 0 Å². The predicted molar refractivity (Wildman–Crippen MR) is 142 cm³/mol. The first-order valence-electron chi connectivity index (χ1n) is 12.0. The van der Waals surface area contributed by atoms with Crippen LogP contribution >= 0.6 is 11.3 Å². The Morgan fingerprint density at radius 2 is 1.92 bits per heavy atom. The van der Waals surface area contributed by atoms with E-state index >= 15 is 0 Å². The molecule has 11 nitrogen and oxygen atoms in total. The fourth-order valence-electron chi connectivity index (χ4n) is 4.04. The van der Waals surface area contributed by atoms with Gasteiger partial charge in [-0.3, -0.25) is 8.98 Å². The van der Waals surface area contributed by atoms with Gasteiger partial charge in [0.1, 0.15) is 35.2 Å². The molecule has 13 heteroatoms. The number of fused-ring (bicyclic) bond motifs is 1. The number of thiazole rings is 1. The topological polar surface area (TPSA) is 170 Å². The van der Waals surface area contributed by atoms with Crippen molar-refractivity contribution in [2.45, 2.75) is 50.7 Å². The van der Waals surface area contributed by atoms with E-state index in [1.165, 1.54) is 11.3 Å². The van der Waals surface area contributed by atoms with Crippen molar-refractivity contribution in [1.82, 2.24) is 9.71 Å². The van der Waals surface area contributed by atoms with Crippen LogP contribution in [-0.4, -0.2) is 67.6 Å². The Kier molecular flexibility index (Phi) is 8.67. The number of aliphatic hydroxyl groups is 2. The zero-order valence-electron chi connectivity index (χ0n) is 21.1. The van der Waals surface area contributed by atoms with Crippen LogP contribution in [0.4, 0.5) is 0 Å². The summed E-state index contributed by atoms with van der Waals surface area (Å²) in [7, 11) is -2.89. The highest BCUT2D eigenvalue weighted by Gasteiger charge is 2.45. The molecule has 5 N–H and O–H groups in total. The number of methoxy groups -OCH3 is 1. The lowest BCUT2D eigenvalue weighted by Crippen LogP contribution is -2.47. The van der Waals surface area contributed by atoms with Crippen LogP contribution in [0.2, 0.25) is 0 Å². The second kappa shape index (κ2) is 11.6. The second-order valence-electron chi connectivity index (χ2n) is 9.19. The predicted octanol–water partition coefficient (Wildman–Crippen LogP) is 1.88. The van der Waals surface area contributed by atoms with Crippen molar-refractivity contribution in [3.8, 4) is 17.0 Å². The number of hydrogen-bond acceptors (Lipinski definition) is 11. The van der Waals surface area contributed by atoms with Gasteiger partial charge in [0.15, 0.2) is 0 Å². The number of hydrogen-bond donors (Lipinski definition) is 4. The van der Waals surface area contributed by atoms with Gasteiger partial charge in [0.2, 0.25) is 0 Å². The van der Waals surface area contributed by atoms with E-state index in [1.54, 1.807) is 18.8 Å². The van der Waals surface area contributed by atoms with Crippen molar-refractivity contribution in [3.05, 3.63) is 46.8 Å². The number of amides is 1. The summed E-state index contributed by atoms with van der Waals surface area (Å²) in [5, 5.41) is 25.3. The molecule has 0 aliphatic carbocycles. The van der Waals surface area contributed by atoms with E-state index in [9.17, 15) is 23.4 Å². The number of carbonyl (C=O) groups excluding carboxylic acids is 1. The fraction of sp³-hybridized carbons (Fsp3) is 0.440. The Labute approximate surface area is 224 Å². The number of aromatic nitrogens is 1. The normalized spacial score (nSPS) is 23.3. The summed E-state index contributed by atoms with van der Waals surface area (Å²) < 4.78 is 42.0. The molecule has 1 aromatic heterocycles. The number of rotatable bonds is 10. The summed E-state index contributed by atoms with van der Waals surface area (Å²) in [6, 6.07) is 10.6. The summed E-state index contributed by atoms with van der Waals surface area (Å²) in [5.74, 6) is -0.369. The average Bonchev–Trinajstić information content (AvgIpc) is 3.50. The fourth-order valence-corrected chi connectivity index (χ4v) is 5.70. The highest BCUT2D eigenvalue weighted by Crippen LogP contribution is 2.37. The Bertz CT molecular complexity index is 1400. The van der Waals surface area contributed by atoms with E-state index in [2.05, 4.69) is 4.98 Å². The molecule has 2 heterocycles. The molecule has 1 aliphatic rings. The number of nitrogens with one attached hydrogen (secondary N) is 1. The van der Waals surface area contributed by atoms with Gasteiger partial charge in [-0.05, 0) is 34.9 Å². The summed E-state index contributed by atoms with van der Waals surface area (Å²) in [4.78, 5) is 16.7. The highest BCUT2D eigenvalue weighted by atomic mass is 32.2. The maximum absolute atomic E-state index is 12.2.